The Morgan fingerprint density at radius 1 is 1.35 bits per heavy atom. The second-order valence-electron chi connectivity index (χ2n) is 4.17. The van der Waals surface area contributed by atoms with Crippen molar-refractivity contribution in [3.8, 4) is 10.8 Å². The molecule has 0 aliphatic carbocycles. The quantitative estimate of drug-likeness (QED) is 0.747. The third kappa shape index (κ3) is 2.48. The molecular weight excluding hydrogens is 272 g/mol. The van der Waals surface area contributed by atoms with Gasteiger partial charge in [-0.3, -0.25) is 4.79 Å². The van der Waals surface area contributed by atoms with Gasteiger partial charge >= 0.3 is 0 Å². The van der Waals surface area contributed by atoms with Crippen molar-refractivity contribution in [2.24, 2.45) is 0 Å². The van der Waals surface area contributed by atoms with E-state index in [4.69, 9.17) is 4.42 Å². The zero-order chi connectivity index (χ0) is 13.9. The molecule has 0 atom stereocenters. The average molecular weight is 284 g/mol. The second kappa shape index (κ2) is 5.30. The maximum absolute atomic E-state index is 11.1. The first kappa shape index (κ1) is 12.6. The second-order valence-corrected chi connectivity index (χ2v) is 5.21. The number of para-hydroxylation sites is 1. The van der Waals surface area contributed by atoms with Crippen LogP contribution in [-0.2, 0) is 11.3 Å². The highest BCUT2D eigenvalue weighted by Gasteiger charge is 2.10. The lowest BCUT2D eigenvalue weighted by molar-refractivity contribution is -0.116. The first-order valence-corrected chi connectivity index (χ1v) is 6.93. The first-order chi connectivity index (χ1) is 9.76. The number of hydrogen-bond acceptors (Lipinski definition) is 4. The van der Waals surface area contributed by atoms with Crippen molar-refractivity contribution < 1.29 is 9.21 Å². The Balaban J connectivity index is 1.82. The molecule has 3 aromatic rings. The van der Waals surface area contributed by atoms with Gasteiger partial charge in [-0.2, -0.15) is 0 Å². The van der Waals surface area contributed by atoms with Crippen molar-refractivity contribution in [1.29, 1.82) is 0 Å². The van der Waals surface area contributed by atoms with Gasteiger partial charge in [0.25, 0.3) is 0 Å². The predicted octanol–water partition coefficient (Wildman–Crippen LogP) is 3.36. The number of hydrogen-bond donors (Lipinski definition) is 1. The minimum Gasteiger partial charge on any atom is -0.457 e. The summed E-state index contributed by atoms with van der Waals surface area (Å²) in [4.78, 5) is 15.6. The predicted molar refractivity (Wildman–Crippen MR) is 79.4 cm³/mol. The van der Waals surface area contributed by atoms with Crippen LogP contribution in [0.3, 0.4) is 0 Å². The van der Waals surface area contributed by atoms with Crippen LogP contribution >= 0.6 is 11.3 Å². The lowest BCUT2D eigenvalue weighted by Crippen LogP contribution is -2.19. The van der Waals surface area contributed by atoms with Gasteiger partial charge in [0.15, 0.2) is 10.8 Å². The van der Waals surface area contributed by atoms with Gasteiger partial charge in [0.05, 0.1) is 16.8 Å². The van der Waals surface area contributed by atoms with Gasteiger partial charge in [0.1, 0.15) is 5.76 Å². The molecule has 0 saturated heterocycles. The van der Waals surface area contributed by atoms with Gasteiger partial charge in [-0.1, -0.05) is 18.7 Å². The molecule has 0 spiro atoms. The molecular formula is C15H12N2O2S. The molecule has 0 bridgehead atoms. The fourth-order valence-corrected chi connectivity index (χ4v) is 2.74. The molecule has 3 rings (SSSR count). The Morgan fingerprint density at radius 3 is 3.00 bits per heavy atom. The number of carbonyl (C=O) groups is 1. The van der Waals surface area contributed by atoms with Crippen LogP contribution in [0.25, 0.3) is 21.0 Å². The molecule has 0 radical (unpaired) electrons. The topological polar surface area (TPSA) is 55.1 Å². The number of furan rings is 1. The molecule has 0 aliphatic heterocycles. The van der Waals surface area contributed by atoms with Crippen LogP contribution in [0.15, 0.2) is 53.5 Å². The van der Waals surface area contributed by atoms with Gasteiger partial charge in [0, 0.05) is 0 Å². The number of carbonyl (C=O) groups excluding carboxylic acids is 1. The molecule has 0 saturated carbocycles. The van der Waals surface area contributed by atoms with E-state index in [-0.39, 0.29) is 5.91 Å². The smallest absolute Gasteiger partial charge is 0.243 e. The molecule has 1 N–H and O–H groups in total. The van der Waals surface area contributed by atoms with Crippen LogP contribution in [0.4, 0.5) is 0 Å². The minimum absolute atomic E-state index is 0.220. The van der Waals surface area contributed by atoms with Crippen molar-refractivity contribution in [2.75, 3.05) is 0 Å². The fraction of sp³-hybridized carbons (Fsp3) is 0.0667. The molecule has 2 aromatic heterocycles. The lowest BCUT2D eigenvalue weighted by atomic mass is 10.3. The molecule has 0 fully saturated rings. The van der Waals surface area contributed by atoms with E-state index in [0.717, 1.165) is 15.2 Å². The van der Waals surface area contributed by atoms with Crippen LogP contribution in [0.5, 0.6) is 0 Å². The monoisotopic (exact) mass is 284 g/mol. The number of amides is 1. The van der Waals surface area contributed by atoms with Crippen LogP contribution < -0.4 is 5.32 Å². The van der Waals surface area contributed by atoms with Crippen LogP contribution in [0, 0.1) is 0 Å². The van der Waals surface area contributed by atoms with Crippen LogP contribution in [-0.4, -0.2) is 10.9 Å². The standard InChI is InChI=1S/C15H12N2O2S/c1-2-14(18)16-9-10-7-8-12(19-10)15-17-11-5-3-4-6-13(11)20-15/h2-8H,1,9H2,(H,16,18). The molecule has 100 valence electrons. The first-order valence-electron chi connectivity index (χ1n) is 6.11. The highest BCUT2D eigenvalue weighted by atomic mass is 32.1. The summed E-state index contributed by atoms with van der Waals surface area (Å²) in [5, 5.41) is 3.51. The van der Waals surface area contributed by atoms with Gasteiger partial charge in [0.2, 0.25) is 5.91 Å². The van der Waals surface area contributed by atoms with E-state index < -0.39 is 0 Å². The van der Waals surface area contributed by atoms with E-state index in [0.29, 0.717) is 18.1 Å². The summed E-state index contributed by atoms with van der Waals surface area (Å²) in [6.07, 6.45) is 1.23. The summed E-state index contributed by atoms with van der Waals surface area (Å²) in [6, 6.07) is 11.7. The van der Waals surface area contributed by atoms with Gasteiger partial charge in [-0.15, -0.1) is 11.3 Å². The summed E-state index contributed by atoms with van der Waals surface area (Å²) in [7, 11) is 0. The number of rotatable bonds is 4. The summed E-state index contributed by atoms with van der Waals surface area (Å²) in [6.45, 7) is 3.74. The zero-order valence-electron chi connectivity index (χ0n) is 10.6. The van der Waals surface area contributed by atoms with E-state index in [1.165, 1.54) is 6.08 Å². The minimum atomic E-state index is -0.220. The molecule has 0 aliphatic rings. The van der Waals surface area contributed by atoms with E-state index in [1.807, 2.05) is 36.4 Å². The number of aromatic nitrogens is 1. The van der Waals surface area contributed by atoms with Crippen molar-refractivity contribution in [3.63, 3.8) is 0 Å². The van der Waals surface area contributed by atoms with E-state index in [2.05, 4.69) is 16.9 Å². The van der Waals surface area contributed by atoms with Crippen molar-refractivity contribution in [3.05, 3.63) is 54.8 Å². The Bertz CT molecular complexity index is 740. The fourth-order valence-electron chi connectivity index (χ4n) is 1.81. The highest BCUT2D eigenvalue weighted by molar-refractivity contribution is 7.21. The maximum atomic E-state index is 11.1. The van der Waals surface area contributed by atoms with Crippen molar-refractivity contribution in [2.45, 2.75) is 6.54 Å². The largest absolute Gasteiger partial charge is 0.457 e. The summed E-state index contributed by atoms with van der Waals surface area (Å²) >= 11 is 1.58. The number of fused-ring (bicyclic) bond motifs is 1. The summed E-state index contributed by atoms with van der Waals surface area (Å²) < 4.78 is 6.82. The lowest BCUT2D eigenvalue weighted by Gasteiger charge is -1.97. The third-order valence-corrected chi connectivity index (χ3v) is 3.84. The van der Waals surface area contributed by atoms with Gasteiger partial charge in [-0.05, 0) is 30.3 Å². The van der Waals surface area contributed by atoms with Crippen molar-refractivity contribution in [1.82, 2.24) is 10.3 Å². The van der Waals surface area contributed by atoms with Gasteiger partial charge < -0.3 is 9.73 Å². The van der Waals surface area contributed by atoms with E-state index in [9.17, 15) is 4.79 Å². The number of nitrogens with zero attached hydrogens (tertiary/aromatic N) is 1. The normalized spacial score (nSPS) is 10.6. The molecule has 5 heteroatoms. The molecule has 4 nitrogen and oxygen atoms in total. The van der Waals surface area contributed by atoms with E-state index >= 15 is 0 Å². The van der Waals surface area contributed by atoms with Crippen LogP contribution in [0.1, 0.15) is 5.76 Å². The Morgan fingerprint density at radius 2 is 2.20 bits per heavy atom. The SMILES string of the molecule is C=CC(=O)NCc1ccc(-c2nc3ccccc3s2)o1. The molecule has 0 unspecified atom stereocenters. The summed E-state index contributed by atoms with van der Waals surface area (Å²) in [5.74, 6) is 1.19. The molecule has 1 aromatic carbocycles. The number of thiazole rings is 1. The van der Waals surface area contributed by atoms with Gasteiger partial charge in [-0.25, -0.2) is 4.98 Å². The summed E-state index contributed by atoms with van der Waals surface area (Å²) in [5.41, 5.74) is 0.963. The Kier molecular flexibility index (Phi) is 3.35. The highest BCUT2D eigenvalue weighted by Crippen LogP contribution is 2.30. The third-order valence-electron chi connectivity index (χ3n) is 2.79. The Labute approximate surface area is 119 Å². The Hall–Kier alpha value is -2.40. The molecule has 2 heterocycles. The van der Waals surface area contributed by atoms with E-state index in [1.54, 1.807) is 11.3 Å². The maximum Gasteiger partial charge on any atom is 0.243 e. The average Bonchev–Trinajstić information content (AvgIpc) is 3.10. The molecule has 20 heavy (non-hydrogen) atoms. The zero-order valence-corrected chi connectivity index (χ0v) is 11.4. The number of benzene rings is 1. The molecule has 1 amide bonds. The van der Waals surface area contributed by atoms with Crippen molar-refractivity contribution >= 4 is 27.5 Å². The van der Waals surface area contributed by atoms with Crippen LogP contribution in [0.2, 0.25) is 0 Å². The number of nitrogens with one attached hydrogen (secondary N) is 1.